The summed E-state index contributed by atoms with van der Waals surface area (Å²) in [6.07, 6.45) is -2.88. The van der Waals surface area contributed by atoms with Gasteiger partial charge in [0.15, 0.2) is 15.6 Å². The summed E-state index contributed by atoms with van der Waals surface area (Å²) >= 11 is 0. The first-order valence-electron chi connectivity index (χ1n) is 15.0. The highest BCUT2D eigenvalue weighted by Crippen LogP contribution is 2.37. The van der Waals surface area contributed by atoms with Crippen LogP contribution in [0.3, 0.4) is 0 Å². The van der Waals surface area contributed by atoms with Crippen molar-refractivity contribution in [3.05, 3.63) is 65.1 Å². The van der Waals surface area contributed by atoms with Crippen LogP contribution in [0.25, 0.3) is 0 Å². The van der Waals surface area contributed by atoms with Crippen LogP contribution in [0.15, 0.2) is 42.7 Å². The quantitative estimate of drug-likeness (QED) is 0.192. The number of aromatic nitrogens is 3. The van der Waals surface area contributed by atoms with Crippen LogP contribution in [0.1, 0.15) is 59.8 Å². The van der Waals surface area contributed by atoms with E-state index in [0.29, 0.717) is 36.8 Å². The molecule has 1 saturated carbocycles. The summed E-state index contributed by atoms with van der Waals surface area (Å²) in [6, 6.07) is 3.96. The third kappa shape index (κ3) is 9.70. The van der Waals surface area contributed by atoms with E-state index in [0.717, 1.165) is 49.2 Å². The van der Waals surface area contributed by atoms with Crippen LogP contribution in [-0.2, 0) is 28.7 Å². The van der Waals surface area contributed by atoms with Crippen LogP contribution >= 0.6 is 0 Å². The van der Waals surface area contributed by atoms with Gasteiger partial charge in [0, 0.05) is 31.0 Å². The number of amides is 1. The Morgan fingerprint density at radius 3 is 2.10 bits per heavy atom. The molecular formula is C31H35F6N5O5S. The standard InChI is InChI=1S/C31H35F6N5O5S/c1-4-41(18-20-7-5-6-8-20)26-9-10-27(46-2)40-25(26)19-42(29-38-16-24(17-39-29)47-11-12-48(3,44)45)28(43)21-13-22(30(32,33)34)15-23(14-21)31(35,36)37/h9-10,13-17,20H,4-8,11-12,18-19H2,1-3H3. The number of alkyl halides is 6. The number of pyridine rings is 1. The molecule has 1 amide bonds. The van der Waals surface area contributed by atoms with Gasteiger partial charge < -0.3 is 14.4 Å². The zero-order valence-corrected chi connectivity index (χ0v) is 27.3. The number of methoxy groups -OCH3 is 1. The van der Waals surface area contributed by atoms with Gasteiger partial charge in [-0.15, -0.1) is 0 Å². The molecule has 48 heavy (non-hydrogen) atoms. The second kappa shape index (κ2) is 15.0. The molecular weight excluding hydrogens is 668 g/mol. The van der Waals surface area contributed by atoms with Gasteiger partial charge in [0.1, 0.15) is 6.61 Å². The topological polar surface area (TPSA) is 115 Å². The number of ether oxygens (including phenoxy) is 2. The Hall–Kier alpha value is -4.15. The lowest BCUT2D eigenvalue weighted by Crippen LogP contribution is -2.35. The Labute approximate surface area is 274 Å². The van der Waals surface area contributed by atoms with Crippen molar-refractivity contribution in [1.29, 1.82) is 0 Å². The molecule has 0 N–H and O–H groups in total. The van der Waals surface area contributed by atoms with E-state index in [1.54, 1.807) is 12.1 Å². The van der Waals surface area contributed by atoms with Crippen molar-refractivity contribution in [2.45, 2.75) is 51.5 Å². The Kier molecular flexibility index (Phi) is 11.4. The number of rotatable bonds is 13. The largest absolute Gasteiger partial charge is 0.489 e. The molecule has 1 aromatic carbocycles. The summed E-state index contributed by atoms with van der Waals surface area (Å²) < 4.78 is 116. The summed E-state index contributed by atoms with van der Waals surface area (Å²) in [4.78, 5) is 29.6. The number of halogens is 6. The second-order valence-corrected chi connectivity index (χ2v) is 13.7. The van der Waals surface area contributed by atoms with Gasteiger partial charge >= 0.3 is 12.4 Å². The van der Waals surface area contributed by atoms with Gasteiger partial charge in [-0.1, -0.05) is 12.8 Å². The van der Waals surface area contributed by atoms with Crippen molar-refractivity contribution in [3.63, 3.8) is 0 Å². The lowest BCUT2D eigenvalue weighted by atomic mass is 10.0. The number of carbonyl (C=O) groups excluding carboxylic acids is 1. The first kappa shape index (κ1) is 36.7. The fourth-order valence-electron chi connectivity index (χ4n) is 5.35. The Bertz CT molecular complexity index is 1650. The van der Waals surface area contributed by atoms with Gasteiger partial charge in [-0.3, -0.25) is 9.69 Å². The maximum Gasteiger partial charge on any atom is 0.416 e. The first-order valence-corrected chi connectivity index (χ1v) is 17.1. The van der Waals surface area contributed by atoms with Crippen molar-refractivity contribution >= 4 is 27.4 Å². The number of benzene rings is 1. The van der Waals surface area contributed by atoms with E-state index >= 15 is 0 Å². The smallest absolute Gasteiger partial charge is 0.416 e. The minimum atomic E-state index is -5.19. The predicted molar refractivity (Wildman–Crippen MR) is 165 cm³/mol. The van der Waals surface area contributed by atoms with Crippen LogP contribution in [-0.4, -0.2) is 68.1 Å². The fourth-order valence-corrected chi connectivity index (χ4v) is 5.73. The van der Waals surface area contributed by atoms with Gasteiger partial charge in [0.05, 0.1) is 54.3 Å². The molecule has 0 radical (unpaired) electrons. The molecule has 0 spiro atoms. The zero-order valence-electron chi connectivity index (χ0n) is 26.4. The van der Waals surface area contributed by atoms with Crippen molar-refractivity contribution < 1.29 is 49.0 Å². The van der Waals surface area contributed by atoms with E-state index in [1.165, 1.54) is 7.11 Å². The van der Waals surface area contributed by atoms with Gasteiger partial charge in [0.2, 0.25) is 11.8 Å². The Morgan fingerprint density at radius 2 is 1.58 bits per heavy atom. The molecule has 0 saturated heterocycles. The second-order valence-electron chi connectivity index (χ2n) is 11.4. The summed E-state index contributed by atoms with van der Waals surface area (Å²) in [5.74, 6) is -1.37. The maximum absolute atomic E-state index is 14.0. The van der Waals surface area contributed by atoms with Crippen molar-refractivity contribution in [1.82, 2.24) is 15.0 Å². The molecule has 1 fully saturated rings. The number of hydrogen-bond acceptors (Lipinski definition) is 9. The van der Waals surface area contributed by atoms with E-state index < -0.39 is 51.3 Å². The molecule has 262 valence electrons. The maximum atomic E-state index is 14.0. The minimum Gasteiger partial charge on any atom is -0.489 e. The first-order chi connectivity index (χ1) is 22.5. The van der Waals surface area contributed by atoms with E-state index in [1.807, 2.05) is 11.8 Å². The molecule has 0 atom stereocenters. The fraction of sp³-hybridized carbons (Fsp3) is 0.484. The lowest BCUT2D eigenvalue weighted by Gasteiger charge is -2.30. The van der Waals surface area contributed by atoms with E-state index in [9.17, 15) is 39.6 Å². The molecule has 1 aliphatic carbocycles. The Morgan fingerprint density at radius 1 is 0.979 bits per heavy atom. The summed E-state index contributed by atoms with van der Waals surface area (Å²) in [5.41, 5.74) is -3.40. The average Bonchev–Trinajstić information content (AvgIpc) is 3.54. The summed E-state index contributed by atoms with van der Waals surface area (Å²) in [5, 5.41) is 0. The summed E-state index contributed by atoms with van der Waals surface area (Å²) in [7, 11) is -1.97. The third-order valence-corrected chi connectivity index (χ3v) is 8.68. The highest BCUT2D eigenvalue weighted by Gasteiger charge is 2.38. The van der Waals surface area contributed by atoms with Gasteiger partial charge in [-0.25, -0.2) is 23.4 Å². The molecule has 10 nitrogen and oxygen atoms in total. The predicted octanol–water partition coefficient (Wildman–Crippen LogP) is 6.20. The number of sulfone groups is 1. The average molecular weight is 704 g/mol. The van der Waals surface area contributed by atoms with Crippen molar-refractivity contribution in [2.75, 3.05) is 48.6 Å². The van der Waals surface area contributed by atoms with Crippen molar-refractivity contribution in [2.24, 2.45) is 5.92 Å². The van der Waals surface area contributed by atoms with Crippen LogP contribution in [0, 0.1) is 5.92 Å². The van der Waals surface area contributed by atoms with Crippen LogP contribution in [0.2, 0.25) is 0 Å². The highest BCUT2D eigenvalue weighted by atomic mass is 32.2. The van der Waals surface area contributed by atoms with E-state index in [4.69, 9.17) is 9.47 Å². The third-order valence-electron chi connectivity index (χ3n) is 7.78. The van der Waals surface area contributed by atoms with Crippen LogP contribution in [0.5, 0.6) is 11.6 Å². The number of carbonyl (C=O) groups is 1. The zero-order chi connectivity index (χ0) is 35.3. The lowest BCUT2D eigenvalue weighted by molar-refractivity contribution is -0.143. The van der Waals surface area contributed by atoms with Gasteiger partial charge in [-0.05, 0) is 49.9 Å². The SMILES string of the molecule is CCN(CC1CCCC1)c1ccc(OC)nc1CN(C(=O)c1cc(C(F)(F)F)cc(C(F)(F)F)c1)c1ncc(OCCS(C)(=O)=O)cn1. The van der Waals surface area contributed by atoms with Crippen LogP contribution in [0.4, 0.5) is 38.0 Å². The normalized spacial score (nSPS) is 14.2. The molecule has 17 heteroatoms. The van der Waals surface area contributed by atoms with E-state index in [-0.39, 0.29) is 41.7 Å². The number of anilines is 2. The molecule has 4 rings (SSSR count). The molecule has 1 aliphatic rings. The van der Waals surface area contributed by atoms with Crippen molar-refractivity contribution in [3.8, 4) is 11.6 Å². The van der Waals surface area contributed by atoms with E-state index in [2.05, 4.69) is 15.0 Å². The summed E-state index contributed by atoms with van der Waals surface area (Å²) in [6.45, 7) is 2.45. The number of nitrogens with zero attached hydrogens (tertiary/aromatic N) is 5. The van der Waals surface area contributed by atoms with Gasteiger partial charge in [-0.2, -0.15) is 26.3 Å². The minimum absolute atomic E-state index is 0.0159. The Balaban J connectivity index is 1.80. The molecule has 0 aliphatic heterocycles. The molecule has 0 unspecified atom stereocenters. The molecule has 2 heterocycles. The molecule has 2 aromatic heterocycles. The molecule has 0 bridgehead atoms. The highest BCUT2D eigenvalue weighted by molar-refractivity contribution is 7.90. The monoisotopic (exact) mass is 703 g/mol. The molecule has 3 aromatic rings. The van der Waals surface area contributed by atoms with Gasteiger partial charge in [0.25, 0.3) is 5.91 Å². The number of hydrogen-bond donors (Lipinski definition) is 0. The van der Waals surface area contributed by atoms with Crippen LogP contribution < -0.4 is 19.3 Å².